The Balaban J connectivity index is 1.64. The van der Waals surface area contributed by atoms with Gasteiger partial charge in [-0.1, -0.05) is 6.07 Å². The maximum Gasteiger partial charge on any atom is 0.416 e. The minimum atomic E-state index is -4.47. The SMILES string of the molecule is CN(C)c1ccc(N2CCN(C(=O)c3cccc(C(F)(F)F)c3)CC2)nn1. The van der Waals surface area contributed by atoms with Crippen LogP contribution in [0.25, 0.3) is 0 Å². The number of rotatable bonds is 3. The van der Waals surface area contributed by atoms with Crippen LogP contribution in [0.4, 0.5) is 24.8 Å². The molecule has 0 bridgehead atoms. The highest BCUT2D eigenvalue weighted by Crippen LogP contribution is 2.30. The lowest BCUT2D eigenvalue weighted by molar-refractivity contribution is -0.137. The van der Waals surface area contributed by atoms with Crippen LogP contribution in [-0.4, -0.2) is 61.3 Å². The molecule has 2 heterocycles. The monoisotopic (exact) mass is 379 g/mol. The summed E-state index contributed by atoms with van der Waals surface area (Å²) in [7, 11) is 3.75. The van der Waals surface area contributed by atoms with Crippen LogP contribution in [0.1, 0.15) is 15.9 Å². The molecule has 0 radical (unpaired) electrons. The Labute approximate surface area is 155 Å². The van der Waals surface area contributed by atoms with Crippen LogP contribution in [0.3, 0.4) is 0 Å². The normalized spacial score (nSPS) is 15.0. The molecule has 0 atom stereocenters. The van der Waals surface area contributed by atoms with Crippen molar-refractivity contribution in [3.63, 3.8) is 0 Å². The second-order valence-electron chi connectivity index (χ2n) is 6.50. The molecule has 6 nitrogen and oxygen atoms in total. The molecule has 1 aliphatic rings. The molecule has 0 spiro atoms. The molecule has 1 fully saturated rings. The number of halogens is 3. The lowest BCUT2D eigenvalue weighted by atomic mass is 10.1. The maximum absolute atomic E-state index is 12.8. The van der Waals surface area contributed by atoms with Crippen LogP contribution >= 0.6 is 0 Å². The minimum Gasteiger partial charge on any atom is -0.361 e. The largest absolute Gasteiger partial charge is 0.416 e. The summed E-state index contributed by atoms with van der Waals surface area (Å²) in [6.45, 7) is 1.90. The van der Waals surface area contributed by atoms with Crippen molar-refractivity contribution in [2.75, 3.05) is 50.1 Å². The smallest absolute Gasteiger partial charge is 0.361 e. The average Bonchev–Trinajstić information content (AvgIpc) is 2.67. The summed E-state index contributed by atoms with van der Waals surface area (Å²) >= 11 is 0. The molecule has 1 saturated heterocycles. The van der Waals surface area contributed by atoms with E-state index in [9.17, 15) is 18.0 Å². The standard InChI is InChI=1S/C18H20F3N5O/c1-24(2)15-6-7-16(23-22-15)25-8-10-26(11-9-25)17(27)13-4-3-5-14(12-13)18(19,20)21/h3-7,12H,8-11H2,1-2H3. The van der Waals surface area contributed by atoms with E-state index in [-0.39, 0.29) is 5.56 Å². The van der Waals surface area contributed by atoms with Crippen LogP contribution in [-0.2, 0) is 6.18 Å². The maximum atomic E-state index is 12.8. The van der Waals surface area contributed by atoms with Gasteiger partial charge in [-0.25, -0.2) is 0 Å². The molecule has 2 aromatic rings. The fourth-order valence-corrected chi connectivity index (χ4v) is 2.88. The van der Waals surface area contributed by atoms with E-state index in [2.05, 4.69) is 10.2 Å². The summed E-state index contributed by atoms with van der Waals surface area (Å²) in [5.41, 5.74) is -0.767. The molecule has 1 amide bonds. The number of carbonyl (C=O) groups is 1. The zero-order valence-corrected chi connectivity index (χ0v) is 15.1. The van der Waals surface area contributed by atoms with Gasteiger partial charge in [0, 0.05) is 45.8 Å². The molecule has 1 aliphatic heterocycles. The molecular formula is C18H20F3N5O. The summed E-state index contributed by atoms with van der Waals surface area (Å²) in [6.07, 6.45) is -4.47. The first kappa shape index (κ1) is 18.9. The summed E-state index contributed by atoms with van der Waals surface area (Å²) in [6, 6.07) is 8.27. The predicted octanol–water partition coefficient (Wildman–Crippen LogP) is 2.52. The van der Waals surface area contributed by atoms with Gasteiger partial charge >= 0.3 is 6.18 Å². The van der Waals surface area contributed by atoms with E-state index in [1.165, 1.54) is 12.1 Å². The second-order valence-corrected chi connectivity index (χ2v) is 6.50. The van der Waals surface area contributed by atoms with Crippen molar-refractivity contribution in [2.24, 2.45) is 0 Å². The molecule has 1 aromatic heterocycles. The Morgan fingerprint density at radius 1 is 1.04 bits per heavy atom. The Hall–Kier alpha value is -2.84. The number of hydrogen-bond donors (Lipinski definition) is 0. The predicted molar refractivity (Wildman–Crippen MR) is 95.9 cm³/mol. The molecule has 27 heavy (non-hydrogen) atoms. The first-order valence-corrected chi connectivity index (χ1v) is 8.48. The fraction of sp³-hybridized carbons (Fsp3) is 0.389. The fourth-order valence-electron chi connectivity index (χ4n) is 2.88. The number of aromatic nitrogens is 2. The van der Waals surface area contributed by atoms with E-state index in [1.54, 1.807) is 4.90 Å². The third-order valence-corrected chi connectivity index (χ3v) is 4.42. The molecule has 0 aliphatic carbocycles. The van der Waals surface area contributed by atoms with Gasteiger partial charge in [0.1, 0.15) is 0 Å². The summed E-state index contributed by atoms with van der Waals surface area (Å²) in [5.74, 6) is 1.07. The van der Waals surface area contributed by atoms with Crippen molar-refractivity contribution >= 4 is 17.5 Å². The number of amides is 1. The van der Waals surface area contributed by atoms with E-state index in [0.717, 1.165) is 18.0 Å². The van der Waals surface area contributed by atoms with Crippen molar-refractivity contribution in [3.8, 4) is 0 Å². The van der Waals surface area contributed by atoms with Gasteiger partial charge in [0.25, 0.3) is 5.91 Å². The summed E-state index contributed by atoms with van der Waals surface area (Å²) < 4.78 is 38.5. The third-order valence-electron chi connectivity index (χ3n) is 4.42. The molecule has 0 unspecified atom stereocenters. The van der Waals surface area contributed by atoms with Crippen LogP contribution in [0, 0.1) is 0 Å². The summed E-state index contributed by atoms with van der Waals surface area (Å²) in [5, 5.41) is 8.33. The van der Waals surface area contributed by atoms with Crippen molar-refractivity contribution in [3.05, 3.63) is 47.5 Å². The quantitative estimate of drug-likeness (QED) is 0.820. The number of alkyl halides is 3. The molecular weight excluding hydrogens is 359 g/mol. The lowest BCUT2D eigenvalue weighted by Crippen LogP contribution is -2.49. The Bertz CT molecular complexity index is 799. The van der Waals surface area contributed by atoms with Gasteiger partial charge in [0.2, 0.25) is 0 Å². The van der Waals surface area contributed by atoms with Crippen molar-refractivity contribution in [2.45, 2.75) is 6.18 Å². The Kier molecular flexibility index (Phi) is 5.20. The Morgan fingerprint density at radius 3 is 2.30 bits per heavy atom. The highest BCUT2D eigenvalue weighted by molar-refractivity contribution is 5.94. The minimum absolute atomic E-state index is 0.0494. The number of hydrogen-bond acceptors (Lipinski definition) is 5. The third kappa shape index (κ3) is 4.29. The summed E-state index contributed by atoms with van der Waals surface area (Å²) in [4.78, 5) is 18.0. The molecule has 0 N–H and O–H groups in total. The van der Waals surface area contributed by atoms with Crippen molar-refractivity contribution < 1.29 is 18.0 Å². The van der Waals surface area contributed by atoms with Crippen LogP contribution in [0.2, 0.25) is 0 Å². The zero-order valence-electron chi connectivity index (χ0n) is 15.1. The van der Waals surface area contributed by atoms with E-state index >= 15 is 0 Å². The van der Waals surface area contributed by atoms with Gasteiger partial charge in [-0.2, -0.15) is 13.2 Å². The lowest BCUT2D eigenvalue weighted by Gasteiger charge is -2.35. The number of nitrogens with zero attached hydrogens (tertiary/aromatic N) is 5. The van der Waals surface area contributed by atoms with Gasteiger partial charge in [0.15, 0.2) is 11.6 Å². The topological polar surface area (TPSA) is 52.6 Å². The van der Waals surface area contributed by atoms with Gasteiger partial charge < -0.3 is 14.7 Å². The highest BCUT2D eigenvalue weighted by atomic mass is 19.4. The highest BCUT2D eigenvalue weighted by Gasteiger charge is 2.31. The van der Waals surface area contributed by atoms with E-state index < -0.39 is 17.6 Å². The van der Waals surface area contributed by atoms with Gasteiger partial charge in [0.05, 0.1) is 5.56 Å². The van der Waals surface area contributed by atoms with Gasteiger partial charge in [-0.15, -0.1) is 10.2 Å². The molecule has 3 rings (SSSR count). The number of anilines is 2. The van der Waals surface area contributed by atoms with E-state index in [1.807, 2.05) is 36.0 Å². The molecule has 9 heteroatoms. The average molecular weight is 379 g/mol. The molecule has 0 saturated carbocycles. The van der Waals surface area contributed by atoms with Gasteiger partial charge in [-0.05, 0) is 30.3 Å². The molecule has 1 aromatic carbocycles. The first-order valence-electron chi connectivity index (χ1n) is 8.48. The van der Waals surface area contributed by atoms with Crippen LogP contribution in [0.15, 0.2) is 36.4 Å². The van der Waals surface area contributed by atoms with E-state index in [4.69, 9.17) is 0 Å². The van der Waals surface area contributed by atoms with Crippen molar-refractivity contribution in [1.82, 2.24) is 15.1 Å². The zero-order chi connectivity index (χ0) is 19.6. The van der Waals surface area contributed by atoms with E-state index in [0.29, 0.717) is 32.0 Å². The first-order chi connectivity index (χ1) is 12.8. The second kappa shape index (κ2) is 7.42. The van der Waals surface area contributed by atoms with Crippen LogP contribution < -0.4 is 9.80 Å². The van der Waals surface area contributed by atoms with Crippen molar-refractivity contribution in [1.29, 1.82) is 0 Å². The van der Waals surface area contributed by atoms with Gasteiger partial charge in [-0.3, -0.25) is 4.79 Å². The molecule has 144 valence electrons. The van der Waals surface area contributed by atoms with Crippen LogP contribution in [0.5, 0.6) is 0 Å². The Morgan fingerprint density at radius 2 is 1.74 bits per heavy atom. The number of carbonyl (C=O) groups excluding carboxylic acids is 1. The number of piperazine rings is 1. The number of benzene rings is 1.